The SMILES string of the molecule is Cc1onc(C(=O)Nc2cccc(Cl)c2C)c1Cn1ccc([N+](=O)[O-])n1. The minimum Gasteiger partial charge on any atom is -0.361 e. The van der Waals surface area contributed by atoms with Crippen LogP contribution >= 0.6 is 11.6 Å². The van der Waals surface area contributed by atoms with Gasteiger partial charge in [0.15, 0.2) is 5.69 Å². The molecule has 0 fully saturated rings. The van der Waals surface area contributed by atoms with Crippen molar-refractivity contribution in [2.75, 3.05) is 5.32 Å². The molecule has 2 heterocycles. The first-order valence-corrected chi connectivity index (χ1v) is 7.94. The highest BCUT2D eigenvalue weighted by atomic mass is 35.5. The lowest BCUT2D eigenvalue weighted by Crippen LogP contribution is -2.16. The molecule has 0 saturated heterocycles. The Labute approximate surface area is 152 Å². The van der Waals surface area contributed by atoms with Gasteiger partial charge >= 0.3 is 5.82 Å². The monoisotopic (exact) mass is 375 g/mol. The smallest absolute Gasteiger partial charge is 0.361 e. The number of carbonyl (C=O) groups excluding carboxylic acids is 1. The van der Waals surface area contributed by atoms with Gasteiger partial charge in [0.25, 0.3) is 5.91 Å². The number of nitro groups is 1. The maximum absolute atomic E-state index is 12.6. The standard InChI is InChI=1S/C16H14ClN5O4/c1-9-12(17)4-3-5-13(9)18-16(23)15-11(10(2)26-20-15)8-21-7-6-14(19-21)22(24)25/h3-7H,8H2,1-2H3,(H,18,23). The van der Waals surface area contributed by atoms with E-state index in [4.69, 9.17) is 16.1 Å². The molecule has 1 N–H and O–H groups in total. The molecule has 134 valence electrons. The molecule has 2 aromatic heterocycles. The molecule has 0 atom stereocenters. The van der Waals surface area contributed by atoms with Crippen molar-refractivity contribution in [3.05, 3.63) is 68.2 Å². The van der Waals surface area contributed by atoms with Crippen molar-refractivity contribution in [1.29, 1.82) is 0 Å². The molecular formula is C16H14ClN5O4. The molecule has 0 spiro atoms. The van der Waals surface area contributed by atoms with Gasteiger partial charge in [-0.15, -0.1) is 0 Å². The van der Waals surface area contributed by atoms with E-state index in [-0.39, 0.29) is 18.1 Å². The zero-order chi connectivity index (χ0) is 18.8. The van der Waals surface area contributed by atoms with Gasteiger partial charge in [-0.3, -0.25) is 4.79 Å². The predicted molar refractivity (Wildman–Crippen MR) is 93.4 cm³/mol. The molecule has 26 heavy (non-hydrogen) atoms. The minimum absolute atomic E-state index is 0.0834. The number of hydrogen-bond acceptors (Lipinski definition) is 6. The van der Waals surface area contributed by atoms with Crippen LogP contribution in [0.25, 0.3) is 0 Å². The Morgan fingerprint density at radius 3 is 2.85 bits per heavy atom. The van der Waals surface area contributed by atoms with E-state index in [0.29, 0.717) is 22.0 Å². The van der Waals surface area contributed by atoms with E-state index in [9.17, 15) is 14.9 Å². The van der Waals surface area contributed by atoms with Crippen LogP contribution in [0, 0.1) is 24.0 Å². The number of nitrogens with zero attached hydrogens (tertiary/aromatic N) is 4. The Morgan fingerprint density at radius 1 is 1.38 bits per heavy atom. The maximum atomic E-state index is 12.6. The van der Waals surface area contributed by atoms with Crippen molar-refractivity contribution in [3.8, 4) is 0 Å². The quantitative estimate of drug-likeness (QED) is 0.540. The van der Waals surface area contributed by atoms with Crippen LogP contribution in [-0.2, 0) is 6.54 Å². The van der Waals surface area contributed by atoms with Crippen LogP contribution < -0.4 is 5.32 Å². The molecule has 0 saturated carbocycles. The first kappa shape index (κ1) is 17.6. The van der Waals surface area contributed by atoms with E-state index in [0.717, 1.165) is 5.56 Å². The minimum atomic E-state index is -0.591. The normalized spacial score (nSPS) is 10.7. The van der Waals surface area contributed by atoms with Gasteiger partial charge in [-0.1, -0.05) is 22.8 Å². The fraction of sp³-hybridized carbons (Fsp3) is 0.188. The number of amides is 1. The molecule has 10 heteroatoms. The average molecular weight is 376 g/mol. The number of anilines is 1. The van der Waals surface area contributed by atoms with Gasteiger partial charge < -0.3 is 20.0 Å². The fourth-order valence-electron chi connectivity index (χ4n) is 2.38. The van der Waals surface area contributed by atoms with E-state index in [1.165, 1.54) is 16.9 Å². The molecule has 1 aromatic carbocycles. The number of rotatable bonds is 5. The lowest BCUT2D eigenvalue weighted by molar-refractivity contribution is -0.389. The van der Waals surface area contributed by atoms with Crippen LogP contribution in [0.3, 0.4) is 0 Å². The van der Waals surface area contributed by atoms with Gasteiger partial charge in [0, 0.05) is 10.7 Å². The molecule has 3 aromatic rings. The highest BCUT2D eigenvalue weighted by Crippen LogP contribution is 2.24. The molecule has 0 radical (unpaired) electrons. The third-order valence-corrected chi connectivity index (χ3v) is 4.26. The molecule has 0 aliphatic rings. The summed E-state index contributed by atoms with van der Waals surface area (Å²) in [6, 6.07) is 6.45. The van der Waals surface area contributed by atoms with E-state index >= 15 is 0 Å². The highest BCUT2D eigenvalue weighted by Gasteiger charge is 2.23. The summed E-state index contributed by atoms with van der Waals surface area (Å²) in [7, 11) is 0. The summed E-state index contributed by atoms with van der Waals surface area (Å²) < 4.78 is 6.47. The number of aromatic nitrogens is 3. The zero-order valence-corrected chi connectivity index (χ0v) is 14.6. The topological polar surface area (TPSA) is 116 Å². The maximum Gasteiger partial charge on any atom is 0.389 e. The second kappa shape index (κ2) is 6.96. The van der Waals surface area contributed by atoms with Gasteiger partial charge in [0.1, 0.15) is 5.76 Å². The average Bonchev–Trinajstić information content (AvgIpc) is 3.20. The molecule has 3 rings (SSSR count). The molecule has 0 unspecified atom stereocenters. The summed E-state index contributed by atoms with van der Waals surface area (Å²) in [5.74, 6) is -0.320. The van der Waals surface area contributed by atoms with Crippen molar-refractivity contribution in [1.82, 2.24) is 14.9 Å². The lowest BCUT2D eigenvalue weighted by atomic mass is 10.1. The summed E-state index contributed by atoms with van der Waals surface area (Å²) in [4.78, 5) is 22.8. The fourth-order valence-corrected chi connectivity index (χ4v) is 2.55. The summed E-state index contributed by atoms with van der Waals surface area (Å²) >= 11 is 6.06. The van der Waals surface area contributed by atoms with Crippen LogP contribution in [-0.4, -0.2) is 25.8 Å². The van der Waals surface area contributed by atoms with Crippen molar-refractivity contribution in [2.24, 2.45) is 0 Å². The largest absolute Gasteiger partial charge is 0.389 e. The number of carbonyl (C=O) groups is 1. The van der Waals surface area contributed by atoms with Gasteiger partial charge in [0.05, 0.1) is 29.5 Å². The third kappa shape index (κ3) is 3.42. The second-order valence-corrected chi connectivity index (χ2v) is 5.97. The van der Waals surface area contributed by atoms with Gasteiger partial charge in [-0.2, -0.15) is 4.68 Å². The van der Waals surface area contributed by atoms with Crippen LogP contribution in [0.1, 0.15) is 27.4 Å². The van der Waals surface area contributed by atoms with Crippen LogP contribution in [0.5, 0.6) is 0 Å². The summed E-state index contributed by atoms with van der Waals surface area (Å²) in [6.45, 7) is 3.55. The van der Waals surface area contributed by atoms with E-state index in [1.807, 2.05) is 0 Å². The highest BCUT2D eigenvalue weighted by molar-refractivity contribution is 6.31. The first-order chi connectivity index (χ1) is 12.4. The lowest BCUT2D eigenvalue weighted by Gasteiger charge is -2.08. The second-order valence-electron chi connectivity index (χ2n) is 5.56. The zero-order valence-electron chi connectivity index (χ0n) is 13.9. The first-order valence-electron chi connectivity index (χ1n) is 7.56. The van der Waals surface area contributed by atoms with Gasteiger partial charge in [-0.05, 0) is 36.5 Å². The van der Waals surface area contributed by atoms with Gasteiger partial charge in [0.2, 0.25) is 0 Å². The Hall–Kier alpha value is -3.20. The Bertz CT molecular complexity index is 994. The van der Waals surface area contributed by atoms with E-state index < -0.39 is 10.8 Å². The number of halogens is 1. The number of benzene rings is 1. The summed E-state index contributed by atoms with van der Waals surface area (Å²) in [6.07, 6.45) is 1.45. The van der Waals surface area contributed by atoms with Crippen LogP contribution in [0.15, 0.2) is 35.0 Å². The molecule has 0 bridgehead atoms. The summed E-state index contributed by atoms with van der Waals surface area (Å²) in [5.41, 5.74) is 1.86. The predicted octanol–water partition coefficient (Wildman–Crippen LogP) is 3.35. The Balaban J connectivity index is 1.85. The Kier molecular flexibility index (Phi) is 4.72. The van der Waals surface area contributed by atoms with E-state index in [2.05, 4.69) is 15.6 Å². The van der Waals surface area contributed by atoms with Crippen molar-refractivity contribution in [2.45, 2.75) is 20.4 Å². The molecule has 0 aliphatic heterocycles. The summed E-state index contributed by atoms with van der Waals surface area (Å²) in [5, 5.41) is 21.7. The number of aryl methyl sites for hydroxylation is 1. The van der Waals surface area contributed by atoms with Crippen molar-refractivity contribution in [3.63, 3.8) is 0 Å². The van der Waals surface area contributed by atoms with Crippen LogP contribution in [0.4, 0.5) is 11.5 Å². The molecule has 0 aliphatic carbocycles. The van der Waals surface area contributed by atoms with Crippen LogP contribution in [0.2, 0.25) is 5.02 Å². The Morgan fingerprint density at radius 2 is 2.15 bits per heavy atom. The number of nitrogens with one attached hydrogen (secondary N) is 1. The molecular weight excluding hydrogens is 362 g/mol. The molecule has 9 nitrogen and oxygen atoms in total. The van der Waals surface area contributed by atoms with Gasteiger partial charge in [-0.25, -0.2) is 0 Å². The van der Waals surface area contributed by atoms with E-state index in [1.54, 1.807) is 32.0 Å². The third-order valence-electron chi connectivity index (χ3n) is 3.85. The van der Waals surface area contributed by atoms with Crippen molar-refractivity contribution >= 4 is 29.0 Å². The molecule has 1 amide bonds. The van der Waals surface area contributed by atoms with Crippen molar-refractivity contribution < 1.29 is 14.2 Å². The number of hydrogen-bond donors (Lipinski definition) is 1.